The number of anilines is 1. The molecule has 9 nitrogen and oxygen atoms in total. The van der Waals surface area contributed by atoms with Gasteiger partial charge in [0.2, 0.25) is 10.0 Å². The van der Waals surface area contributed by atoms with Crippen LogP contribution in [0, 0.1) is 0 Å². The summed E-state index contributed by atoms with van der Waals surface area (Å²) >= 11 is 0. The Hall–Kier alpha value is -4.41. The molecule has 0 bridgehead atoms. The van der Waals surface area contributed by atoms with Gasteiger partial charge in [0.25, 0.3) is 5.91 Å². The van der Waals surface area contributed by atoms with Crippen molar-refractivity contribution >= 4 is 44.3 Å². The van der Waals surface area contributed by atoms with Gasteiger partial charge < -0.3 is 5.11 Å². The van der Waals surface area contributed by atoms with Crippen molar-refractivity contribution in [3.8, 4) is 0 Å². The number of carboxylic acid groups (broad SMARTS) is 1. The molecular weight excluding hydrogens is 468 g/mol. The van der Waals surface area contributed by atoms with Crippen LogP contribution in [0.1, 0.15) is 11.1 Å². The predicted octanol–water partition coefficient (Wildman–Crippen LogP) is 3.40. The summed E-state index contributed by atoms with van der Waals surface area (Å²) in [7, 11) is -4.34. The highest BCUT2D eigenvalue weighted by Gasteiger charge is 2.38. The molecule has 2 heterocycles. The number of aromatic nitrogens is 1. The van der Waals surface area contributed by atoms with E-state index >= 15 is 0 Å². The van der Waals surface area contributed by atoms with Crippen molar-refractivity contribution in [1.29, 1.82) is 0 Å². The lowest BCUT2D eigenvalue weighted by molar-refractivity contribution is -0.119. The molecule has 2 amide bonds. The number of carbonyl (C=O) groups excluding carboxylic acids is 1. The number of pyridine rings is 1. The molecule has 35 heavy (non-hydrogen) atoms. The molecule has 5 rings (SSSR count). The number of aliphatic imine (C=N–C) groups is 1. The molecule has 1 unspecified atom stereocenters. The van der Waals surface area contributed by atoms with E-state index < -0.39 is 28.2 Å². The Morgan fingerprint density at radius 1 is 0.914 bits per heavy atom. The van der Waals surface area contributed by atoms with Crippen LogP contribution in [0.15, 0.2) is 101 Å². The second kappa shape index (κ2) is 8.75. The van der Waals surface area contributed by atoms with Crippen molar-refractivity contribution in [2.75, 3.05) is 4.90 Å². The number of nitrogens with one attached hydrogen (secondary N) is 1. The van der Waals surface area contributed by atoms with Crippen molar-refractivity contribution in [3.63, 3.8) is 0 Å². The van der Waals surface area contributed by atoms with E-state index in [-0.39, 0.29) is 21.8 Å². The molecule has 0 radical (unpaired) electrons. The van der Waals surface area contributed by atoms with E-state index in [0.717, 1.165) is 0 Å². The Bertz CT molecular complexity index is 1600. The fourth-order valence-electron chi connectivity index (χ4n) is 3.97. The summed E-state index contributed by atoms with van der Waals surface area (Å²) in [5, 5.41) is 10.5. The summed E-state index contributed by atoms with van der Waals surface area (Å²) in [4.78, 5) is 34.5. The summed E-state index contributed by atoms with van der Waals surface area (Å²) in [6.45, 7) is 0. The number of amides is 2. The first kappa shape index (κ1) is 22.4. The average molecular weight is 487 g/mol. The number of imide groups is 1. The maximum absolute atomic E-state index is 13.4. The second-order valence-electron chi connectivity index (χ2n) is 7.67. The van der Waals surface area contributed by atoms with Crippen LogP contribution < -0.4 is 9.62 Å². The molecule has 1 aliphatic rings. The fourth-order valence-corrected chi connectivity index (χ4v) is 5.22. The van der Waals surface area contributed by atoms with E-state index in [1.54, 1.807) is 72.8 Å². The number of hydrogen-bond acceptors (Lipinski definition) is 6. The normalized spacial score (nSPS) is 15.9. The van der Waals surface area contributed by atoms with E-state index in [0.29, 0.717) is 21.4 Å². The van der Waals surface area contributed by atoms with Gasteiger partial charge in [-0.1, -0.05) is 66.7 Å². The van der Waals surface area contributed by atoms with Gasteiger partial charge in [-0.05, 0) is 18.2 Å². The molecule has 174 valence electrons. The summed E-state index contributed by atoms with van der Waals surface area (Å²) in [5.74, 6) is -1.05. The number of fused-ring (bicyclic) bond motifs is 2. The summed E-state index contributed by atoms with van der Waals surface area (Å²) in [6.07, 6.45) is -1.83. The van der Waals surface area contributed by atoms with Crippen molar-refractivity contribution in [1.82, 2.24) is 9.71 Å². The molecule has 0 saturated heterocycles. The molecule has 0 fully saturated rings. The Kier molecular flexibility index (Phi) is 5.59. The predicted molar refractivity (Wildman–Crippen MR) is 130 cm³/mol. The monoisotopic (exact) mass is 486 g/mol. The number of sulfonamides is 1. The SMILES string of the molecule is O=C(O)N1C(=O)C(NS(=O)(=O)c2cccc3cccnc23)N=C(c2ccccc2)c2ccccc21. The zero-order valence-electron chi connectivity index (χ0n) is 18.1. The van der Waals surface area contributed by atoms with Crippen LogP contribution in [0.5, 0.6) is 0 Å². The molecule has 3 aromatic carbocycles. The fraction of sp³-hybridized carbons (Fsp3) is 0.0400. The molecule has 1 aliphatic heterocycles. The molecule has 0 saturated carbocycles. The Labute approximate surface area is 200 Å². The number of benzodiazepines with no additional fused rings is 1. The summed E-state index contributed by atoms with van der Waals surface area (Å²) in [5.41, 5.74) is 1.55. The largest absolute Gasteiger partial charge is 0.464 e. The van der Waals surface area contributed by atoms with E-state index in [1.165, 1.54) is 18.3 Å². The third-order valence-electron chi connectivity index (χ3n) is 5.50. The Morgan fingerprint density at radius 3 is 2.40 bits per heavy atom. The van der Waals surface area contributed by atoms with Crippen molar-refractivity contribution in [3.05, 3.63) is 102 Å². The first-order valence-electron chi connectivity index (χ1n) is 10.5. The summed E-state index contributed by atoms with van der Waals surface area (Å²) in [6, 6.07) is 23.3. The van der Waals surface area contributed by atoms with Crippen molar-refractivity contribution in [2.45, 2.75) is 11.1 Å². The third kappa shape index (κ3) is 4.05. The Morgan fingerprint density at radius 2 is 1.63 bits per heavy atom. The van der Waals surface area contributed by atoms with Crippen LogP contribution in [0.4, 0.5) is 10.5 Å². The van der Waals surface area contributed by atoms with E-state index in [2.05, 4.69) is 14.7 Å². The minimum Gasteiger partial charge on any atom is -0.464 e. The van der Waals surface area contributed by atoms with Gasteiger partial charge in [0, 0.05) is 22.7 Å². The zero-order valence-corrected chi connectivity index (χ0v) is 18.9. The highest BCUT2D eigenvalue weighted by atomic mass is 32.2. The van der Waals surface area contributed by atoms with Gasteiger partial charge in [0.05, 0.1) is 16.9 Å². The van der Waals surface area contributed by atoms with E-state index in [1.807, 2.05) is 0 Å². The lowest BCUT2D eigenvalue weighted by Crippen LogP contribution is -2.49. The minimum absolute atomic E-state index is 0.0844. The van der Waals surface area contributed by atoms with E-state index in [9.17, 15) is 23.1 Å². The number of carbonyl (C=O) groups is 2. The van der Waals surface area contributed by atoms with Gasteiger partial charge in [-0.25, -0.2) is 18.1 Å². The van der Waals surface area contributed by atoms with E-state index in [4.69, 9.17) is 0 Å². The van der Waals surface area contributed by atoms with Crippen LogP contribution in [0.2, 0.25) is 0 Å². The molecule has 2 N–H and O–H groups in total. The lowest BCUT2D eigenvalue weighted by atomic mass is 10.0. The maximum Gasteiger partial charge on any atom is 0.418 e. The molecule has 1 atom stereocenters. The first-order valence-corrected chi connectivity index (χ1v) is 12.0. The molecule has 4 aromatic rings. The standard InChI is InChI=1S/C25H18N4O5S/c30-24-23(28-35(33,34)20-14-6-10-17-11-7-15-26-22(17)20)27-21(16-8-2-1-3-9-16)18-12-4-5-13-19(18)29(24)25(31)32/h1-15,23,28H,(H,31,32). The Balaban J connectivity index is 1.68. The van der Waals surface area contributed by atoms with Gasteiger partial charge in [0.15, 0.2) is 6.17 Å². The van der Waals surface area contributed by atoms with Gasteiger partial charge in [0.1, 0.15) is 4.90 Å². The van der Waals surface area contributed by atoms with Crippen LogP contribution in [0.25, 0.3) is 10.9 Å². The lowest BCUT2D eigenvalue weighted by Gasteiger charge is -2.20. The number of hydrogen-bond donors (Lipinski definition) is 2. The molecule has 10 heteroatoms. The van der Waals surface area contributed by atoms with Crippen LogP contribution in [-0.4, -0.2) is 42.4 Å². The van der Waals surface area contributed by atoms with Gasteiger partial charge in [-0.3, -0.25) is 14.8 Å². The van der Waals surface area contributed by atoms with Crippen LogP contribution in [-0.2, 0) is 14.8 Å². The number of para-hydroxylation sites is 2. The molecule has 0 spiro atoms. The third-order valence-corrected chi connectivity index (χ3v) is 6.95. The maximum atomic E-state index is 13.4. The smallest absolute Gasteiger partial charge is 0.418 e. The van der Waals surface area contributed by atoms with Gasteiger partial charge in [-0.2, -0.15) is 4.72 Å². The molecule has 1 aromatic heterocycles. The molecular formula is C25H18N4O5S. The second-order valence-corrected chi connectivity index (χ2v) is 9.35. The minimum atomic E-state index is -4.34. The van der Waals surface area contributed by atoms with Crippen LogP contribution in [0.3, 0.4) is 0 Å². The van der Waals surface area contributed by atoms with Gasteiger partial charge in [-0.15, -0.1) is 0 Å². The van der Waals surface area contributed by atoms with Crippen LogP contribution >= 0.6 is 0 Å². The number of benzene rings is 3. The highest BCUT2D eigenvalue weighted by molar-refractivity contribution is 7.89. The quantitative estimate of drug-likeness (QED) is 0.455. The topological polar surface area (TPSA) is 129 Å². The van der Waals surface area contributed by atoms with Crippen molar-refractivity contribution in [2.24, 2.45) is 4.99 Å². The summed E-state index contributed by atoms with van der Waals surface area (Å²) < 4.78 is 29.2. The zero-order chi connectivity index (χ0) is 24.6. The first-order chi connectivity index (χ1) is 16.9. The average Bonchev–Trinajstić information content (AvgIpc) is 2.98. The molecule has 0 aliphatic carbocycles. The van der Waals surface area contributed by atoms with Gasteiger partial charge >= 0.3 is 6.09 Å². The number of nitrogens with zero attached hydrogens (tertiary/aromatic N) is 3. The number of rotatable bonds is 4. The van der Waals surface area contributed by atoms with Crippen molar-refractivity contribution < 1.29 is 23.1 Å². The highest BCUT2D eigenvalue weighted by Crippen LogP contribution is 2.29.